The van der Waals surface area contributed by atoms with Crippen molar-refractivity contribution < 1.29 is 9.59 Å². The van der Waals surface area contributed by atoms with Gasteiger partial charge in [0.2, 0.25) is 11.8 Å². The molecule has 0 radical (unpaired) electrons. The zero-order valence-corrected chi connectivity index (χ0v) is 11.2. The molecule has 0 spiro atoms. The maximum Gasteiger partial charge on any atom is 0.245 e. The molecule has 2 rings (SSSR count). The van der Waals surface area contributed by atoms with Gasteiger partial charge in [-0.15, -0.1) is 0 Å². The number of hydrogen-bond donors (Lipinski definition) is 1. The molecule has 1 saturated heterocycles. The Morgan fingerprint density at radius 1 is 1.33 bits per heavy atom. The third kappa shape index (κ3) is 2.23. The minimum absolute atomic E-state index is 0.108. The molecule has 1 atom stereocenters. The standard InChI is InChI=1S/C12H11ClN2O2S/c1-2-9-10(16)14-12(18)15(11(9)17)8-5-3-7(13)4-6-8/h3-6,9H,2H2,1H3,(H,14,16,18)/t9-/m0/s1. The highest BCUT2D eigenvalue weighted by atomic mass is 35.5. The van der Waals surface area contributed by atoms with E-state index >= 15 is 0 Å². The van der Waals surface area contributed by atoms with E-state index in [1.54, 1.807) is 31.2 Å². The first-order chi connectivity index (χ1) is 8.54. The Morgan fingerprint density at radius 3 is 2.50 bits per heavy atom. The van der Waals surface area contributed by atoms with E-state index in [-0.39, 0.29) is 16.9 Å². The van der Waals surface area contributed by atoms with Crippen molar-refractivity contribution >= 4 is 46.4 Å². The SMILES string of the molecule is CC[C@H]1C(=O)NC(=S)N(c2ccc(Cl)cc2)C1=O. The Labute approximate surface area is 115 Å². The van der Waals surface area contributed by atoms with Crippen LogP contribution in [0.2, 0.25) is 5.02 Å². The first kappa shape index (κ1) is 13.0. The lowest BCUT2D eigenvalue weighted by atomic mass is 10.0. The molecule has 18 heavy (non-hydrogen) atoms. The van der Waals surface area contributed by atoms with Crippen LogP contribution in [0.25, 0.3) is 0 Å². The van der Waals surface area contributed by atoms with Crippen LogP contribution >= 0.6 is 23.8 Å². The van der Waals surface area contributed by atoms with Crippen LogP contribution in [0.1, 0.15) is 13.3 Å². The fourth-order valence-corrected chi connectivity index (χ4v) is 2.23. The van der Waals surface area contributed by atoms with Gasteiger partial charge in [0.15, 0.2) is 5.11 Å². The normalized spacial score (nSPS) is 20.0. The van der Waals surface area contributed by atoms with Gasteiger partial charge >= 0.3 is 0 Å². The van der Waals surface area contributed by atoms with E-state index in [1.165, 1.54) is 4.90 Å². The van der Waals surface area contributed by atoms with Gasteiger partial charge in [-0.2, -0.15) is 0 Å². The number of rotatable bonds is 2. The summed E-state index contributed by atoms with van der Waals surface area (Å²) < 4.78 is 0. The summed E-state index contributed by atoms with van der Waals surface area (Å²) in [4.78, 5) is 25.2. The summed E-state index contributed by atoms with van der Waals surface area (Å²) in [6.07, 6.45) is 0.442. The van der Waals surface area contributed by atoms with Crippen molar-refractivity contribution in [2.75, 3.05) is 4.90 Å². The van der Waals surface area contributed by atoms with Crippen molar-refractivity contribution in [2.45, 2.75) is 13.3 Å². The summed E-state index contributed by atoms with van der Waals surface area (Å²) in [6.45, 7) is 1.79. The minimum atomic E-state index is -0.688. The topological polar surface area (TPSA) is 49.4 Å². The molecule has 4 nitrogen and oxygen atoms in total. The lowest BCUT2D eigenvalue weighted by Gasteiger charge is -2.31. The van der Waals surface area contributed by atoms with E-state index < -0.39 is 5.92 Å². The second kappa shape index (κ2) is 5.04. The fourth-order valence-electron chi connectivity index (χ4n) is 1.81. The maximum absolute atomic E-state index is 12.2. The van der Waals surface area contributed by atoms with Gasteiger partial charge in [-0.25, -0.2) is 0 Å². The van der Waals surface area contributed by atoms with Crippen molar-refractivity contribution in [2.24, 2.45) is 5.92 Å². The molecule has 1 fully saturated rings. The monoisotopic (exact) mass is 282 g/mol. The molecule has 1 N–H and O–H groups in total. The van der Waals surface area contributed by atoms with Crippen LogP contribution in [-0.4, -0.2) is 16.9 Å². The largest absolute Gasteiger partial charge is 0.302 e. The molecular weight excluding hydrogens is 272 g/mol. The molecule has 1 aromatic carbocycles. The maximum atomic E-state index is 12.2. The summed E-state index contributed by atoms with van der Waals surface area (Å²) in [5.41, 5.74) is 0.604. The third-order valence-electron chi connectivity index (χ3n) is 2.76. The van der Waals surface area contributed by atoms with Gasteiger partial charge in [-0.3, -0.25) is 14.5 Å². The molecule has 6 heteroatoms. The summed E-state index contributed by atoms with van der Waals surface area (Å²) in [7, 11) is 0. The van der Waals surface area contributed by atoms with Crippen molar-refractivity contribution in [3.63, 3.8) is 0 Å². The zero-order valence-electron chi connectivity index (χ0n) is 9.64. The Bertz CT molecular complexity index is 515. The molecule has 94 valence electrons. The highest BCUT2D eigenvalue weighted by Crippen LogP contribution is 2.23. The van der Waals surface area contributed by atoms with Crippen LogP contribution in [0, 0.1) is 5.92 Å². The smallest absolute Gasteiger partial charge is 0.245 e. The molecule has 0 aromatic heterocycles. The van der Waals surface area contributed by atoms with Crippen LogP contribution in [0.5, 0.6) is 0 Å². The number of thiocarbonyl (C=S) groups is 1. The van der Waals surface area contributed by atoms with Gasteiger partial charge in [0.1, 0.15) is 5.92 Å². The molecule has 0 unspecified atom stereocenters. The van der Waals surface area contributed by atoms with Gasteiger partial charge in [-0.1, -0.05) is 18.5 Å². The average Bonchev–Trinajstić information content (AvgIpc) is 2.31. The van der Waals surface area contributed by atoms with Crippen LogP contribution in [0.4, 0.5) is 5.69 Å². The lowest BCUT2D eigenvalue weighted by molar-refractivity contribution is -0.133. The number of benzene rings is 1. The van der Waals surface area contributed by atoms with Crippen LogP contribution < -0.4 is 10.2 Å². The van der Waals surface area contributed by atoms with E-state index in [2.05, 4.69) is 5.32 Å². The van der Waals surface area contributed by atoms with Gasteiger partial charge in [0, 0.05) is 5.02 Å². The molecule has 1 heterocycles. The van der Waals surface area contributed by atoms with E-state index in [4.69, 9.17) is 23.8 Å². The predicted octanol–water partition coefficient (Wildman–Crippen LogP) is 2.11. The van der Waals surface area contributed by atoms with Gasteiger partial charge in [-0.05, 0) is 42.9 Å². The summed E-state index contributed by atoms with van der Waals surface area (Å²) in [5, 5.41) is 3.22. The predicted molar refractivity (Wildman–Crippen MR) is 73.5 cm³/mol. The Balaban J connectivity index is 2.36. The van der Waals surface area contributed by atoms with E-state index in [9.17, 15) is 9.59 Å². The average molecular weight is 283 g/mol. The van der Waals surface area contributed by atoms with Crippen molar-refractivity contribution in [1.82, 2.24) is 5.32 Å². The molecule has 1 aliphatic rings. The highest BCUT2D eigenvalue weighted by molar-refractivity contribution is 7.80. The first-order valence-corrected chi connectivity index (χ1v) is 6.27. The number of carbonyl (C=O) groups is 2. The number of halogens is 1. The molecule has 0 saturated carbocycles. The van der Waals surface area contributed by atoms with Gasteiger partial charge < -0.3 is 5.32 Å². The van der Waals surface area contributed by atoms with Gasteiger partial charge in [0.05, 0.1) is 5.69 Å². The molecule has 0 bridgehead atoms. The molecule has 2 amide bonds. The fraction of sp³-hybridized carbons (Fsp3) is 0.250. The van der Waals surface area contributed by atoms with Gasteiger partial charge in [0.25, 0.3) is 0 Å². The number of carbonyl (C=O) groups excluding carboxylic acids is 2. The van der Waals surface area contributed by atoms with E-state index in [1.807, 2.05) is 0 Å². The number of hydrogen-bond acceptors (Lipinski definition) is 3. The third-order valence-corrected chi connectivity index (χ3v) is 3.30. The second-order valence-corrected chi connectivity index (χ2v) is 4.73. The van der Waals surface area contributed by atoms with Crippen LogP contribution in [0.3, 0.4) is 0 Å². The first-order valence-electron chi connectivity index (χ1n) is 5.49. The Kier molecular flexibility index (Phi) is 3.63. The summed E-state index contributed by atoms with van der Waals surface area (Å²) in [6, 6.07) is 6.72. The molecule has 1 aliphatic heterocycles. The molecule has 0 aliphatic carbocycles. The Morgan fingerprint density at radius 2 is 1.94 bits per heavy atom. The number of nitrogens with zero attached hydrogens (tertiary/aromatic N) is 1. The zero-order chi connectivity index (χ0) is 13.3. The second-order valence-electron chi connectivity index (χ2n) is 3.91. The van der Waals surface area contributed by atoms with Crippen molar-refractivity contribution in [3.8, 4) is 0 Å². The summed E-state index contributed by atoms with van der Waals surface area (Å²) >= 11 is 10.8. The number of nitrogens with one attached hydrogen (secondary N) is 1. The highest BCUT2D eigenvalue weighted by Gasteiger charge is 2.37. The summed E-state index contributed by atoms with van der Waals surface area (Å²) in [5.74, 6) is -1.32. The lowest BCUT2D eigenvalue weighted by Crippen LogP contribution is -2.57. The van der Waals surface area contributed by atoms with Crippen molar-refractivity contribution in [1.29, 1.82) is 0 Å². The minimum Gasteiger partial charge on any atom is -0.302 e. The number of anilines is 1. The molecular formula is C12H11ClN2O2S. The van der Waals surface area contributed by atoms with E-state index in [0.717, 1.165) is 0 Å². The van der Waals surface area contributed by atoms with E-state index in [0.29, 0.717) is 17.1 Å². The Hall–Kier alpha value is -1.46. The van der Waals surface area contributed by atoms with Crippen LogP contribution in [-0.2, 0) is 9.59 Å². The van der Waals surface area contributed by atoms with Crippen molar-refractivity contribution in [3.05, 3.63) is 29.3 Å². The number of amides is 2. The quantitative estimate of drug-likeness (QED) is 0.668. The molecule has 1 aromatic rings. The van der Waals surface area contributed by atoms with Crippen LogP contribution in [0.15, 0.2) is 24.3 Å².